The molecule has 2 rings (SSSR count). The molecule has 0 radical (unpaired) electrons. The summed E-state index contributed by atoms with van der Waals surface area (Å²) < 4.78 is 2.19. The molecule has 0 spiro atoms. The monoisotopic (exact) mass is 346 g/mol. The van der Waals surface area contributed by atoms with Crippen molar-refractivity contribution in [3.63, 3.8) is 0 Å². The van der Waals surface area contributed by atoms with Crippen molar-refractivity contribution in [3.05, 3.63) is 40.5 Å². The number of nitrogens with two attached hydrogens (primary N) is 2. The molecule has 1 aromatic rings. The van der Waals surface area contributed by atoms with Crippen LogP contribution in [0.3, 0.4) is 0 Å². The van der Waals surface area contributed by atoms with E-state index in [4.69, 9.17) is 16.7 Å². The zero-order valence-corrected chi connectivity index (χ0v) is 14.7. The van der Waals surface area contributed by atoms with Gasteiger partial charge < -0.3 is 21.7 Å². The summed E-state index contributed by atoms with van der Waals surface area (Å²) in [5.41, 5.74) is 12.8. The Kier molecular flexibility index (Phi) is 6.28. The molecule has 9 heteroatoms. The molecule has 1 aliphatic heterocycles. The third kappa shape index (κ3) is 5.04. The highest BCUT2D eigenvalue weighted by Crippen LogP contribution is 2.21. The molecule has 0 unspecified atom stereocenters. The normalized spacial score (nSPS) is 16.8. The van der Waals surface area contributed by atoms with Crippen LogP contribution in [0.5, 0.6) is 0 Å². The first-order valence-electron chi connectivity index (χ1n) is 7.56. The Labute approximate surface area is 146 Å². The fraction of sp³-hybridized carbons (Fsp3) is 0.400. The topological polar surface area (TPSA) is 120 Å². The second-order valence-corrected chi connectivity index (χ2v) is 6.43. The zero-order chi connectivity index (χ0) is 17.5. The summed E-state index contributed by atoms with van der Waals surface area (Å²) in [5, 5.41) is 12.5. The predicted octanol–water partition coefficient (Wildman–Crippen LogP) is 0.247. The van der Waals surface area contributed by atoms with Gasteiger partial charge in [-0.05, 0) is 37.1 Å². The van der Waals surface area contributed by atoms with Gasteiger partial charge in [-0.3, -0.25) is 0 Å². The van der Waals surface area contributed by atoms with Crippen LogP contribution in [0.2, 0.25) is 0 Å². The second kappa shape index (κ2) is 8.42. The highest BCUT2D eigenvalue weighted by Gasteiger charge is 2.20. The standard InChI is InChI=1S/C15H22N8S/c1-11-9-12(10-16)21-15(20-11)22-5-7-23(8-6-22)24-14(18)4-3-13(17)19-2/h3-4,9,19H,5-8,17-18H2,1-2H3/b13-3+,14-4+. The van der Waals surface area contributed by atoms with Crippen molar-refractivity contribution >= 4 is 17.9 Å². The van der Waals surface area contributed by atoms with Crippen molar-refractivity contribution in [1.82, 2.24) is 19.6 Å². The molecule has 0 saturated carbocycles. The first kappa shape index (κ1) is 17.9. The summed E-state index contributed by atoms with van der Waals surface area (Å²) in [6.45, 7) is 5.08. The van der Waals surface area contributed by atoms with Crippen molar-refractivity contribution in [3.8, 4) is 6.07 Å². The van der Waals surface area contributed by atoms with Gasteiger partial charge >= 0.3 is 0 Å². The summed E-state index contributed by atoms with van der Waals surface area (Å²) in [7, 11) is 1.76. The first-order valence-corrected chi connectivity index (χ1v) is 8.33. The molecule has 1 saturated heterocycles. The van der Waals surface area contributed by atoms with Gasteiger partial charge in [-0.2, -0.15) is 5.26 Å². The number of nitriles is 1. The number of aryl methyl sites for hydroxylation is 1. The van der Waals surface area contributed by atoms with Crippen LogP contribution in [0.15, 0.2) is 29.1 Å². The van der Waals surface area contributed by atoms with Gasteiger partial charge in [0.2, 0.25) is 5.95 Å². The Morgan fingerprint density at radius 1 is 1.29 bits per heavy atom. The van der Waals surface area contributed by atoms with Crippen LogP contribution in [0, 0.1) is 18.3 Å². The Balaban J connectivity index is 1.92. The van der Waals surface area contributed by atoms with Crippen LogP contribution < -0.4 is 21.7 Å². The minimum absolute atomic E-state index is 0.399. The lowest BCUT2D eigenvalue weighted by Crippen LogP contribution is -2.44. The Morgan fingerprint density at radius 3 is 2.62 bits per heavy atom. The molecule has 0 aromatic carbocycles. The number of hydrogen-bond donors (Lipinski definition) is 3. The van der Waals surface area contributed by atoms with Crippen LogP contribution in [-0.2, 0) is 0 Å². The third-order valence-corrected chi connectivity index (χ3v) is 4.40. The van der Waals surface area contributed by atoms with E-state index >= 15 is 0 Å². The highest BCUT2D eigenvalue weighted by atomic mass is 32.2. The van der Waals surface area contributed by atoms with Gasteiger partial charge in [-0.25, -0.2) is 14.3 Å². The van der Waals surface area contributed by atoms with E-state index < -0.39 is 0 Å². The van der Waals surface area contributed by atoms with Gasteiger partial charge in [0.05, 0.1) is 10.9 Å². The minimum atomic E-state index is 0.399. The van der Waals surface area contributed by atoms with Crippen LogP contribution in [-0.4, -0.2) is 47.5 Å². The fourth-order valence-corrected chi connectivity index (χ4v) is 2.94. The first-order chi connectivity index (χ1) is 11.5. The molecule has 24 heavy (non-hydrogen) atoms. The summed E-state index contributed by atoms with van der Waals surface area (Å²) in [6, 6.07) is 3.76. The van der Waals surface area contributed by atoms with E-state index in [1.54, 1.807) is 25.3 Å². The summed E-state index contributed by atoms with van der Waals surface area (Å²) in [5.74, 6) is 1.18. The highest BCUT2D eigenvalue weighted by molar-refractivity contribution is 8.00. The van der Waals surface area contributed by atoms with Gasteiger partial charge in [-0.15, -0.1) is 0 Å². The SMILES string of the molecule is CN/C(N)=C/C=C(\N)SN1CCN(c2nc(C)cc(C#N)n2)CC1. The number of anilines is 1. The Morgan fingerprint density at radius 2 is 2.00 bits per heavy atom. The van der Waals surface area contributed by atoms with Crippen molar-refractivity contribution in [2.24, 2.45) is 11.5 Å². The van der Waals surface area contributed by atoms with Crippen molar-refractivity contribution in [2.75, 3.05) is 38.1 Å². The van der Waals surface area contributed by atoms with Crippen LogP contribution in [0.4, 0.5) is 5.95 Å². The van der Waals surface area contributed by atoms with Crippen molar-refractivity contribution < 1.29 is 0 Å². The van der Waals surface area contributed by atoms with Gasteiger partial charge in [0, 0.05) is 38.9 Å². The summed E-state index contributed by atoms with van der Waals surface area (Å²) in [4.78, 5) is 10.8. The average molecular weight is 346 g/mol. The lowest BCUT2D eigenvalue weighted by molar-refractivity contribution is 0.427. The summed E-state index contributed by atoms with van der Waals surface area (Å²) in [6.07, 6.45) is 3.52. The maximum Gasteiger partial charge on any atom is 0.226 e. The third-order valence-electron chi connectivity index (χ3n) is 3.43. The molecule has 1 fully saturated rings. The van der Waals surface area contributed by atoms with Gasteiger partial charge in [0.1, 0.15) is 11.8 Å². The van der Waals surface area contributed by atoms with E-state index in [2.05, 4.69) is 30.6 Å². The number of hydrogen-bond acceptors (Lipinski definition) is 9. The maximum atomic E-state index is 9.02. The number of nitrogens with one attached hydrogen (secondary N) is 1. The van der Waals surface area contributed by atoms with E-state index in [1.807, 2.05) is 6.92 Å². The van der Waals surface area contributed by atoms with Crippen molar-refractivity contribution in [1.29, 1.82) is 5.26 Å². The summed E-state index contributed by atoms with van der Waals surface area (Å²) >= 11 is 1.51. The van der Waals surface area contributed by atoms with Crippen LogP contribution in [0.1, 0.15) is 11.4 Å². The molecule has 5 N–H and O–H groups in total. The van der Waals surface area contributed by atoms with Crippen LogP contribution >= 0.6 is 11.9 Å². The van der Waals surface area contributed by atoms with E-state index in [0.29, 0.717) is 22.5 Å². The van der Waals surface area contributed by atoms with Gasteiger partial charge in [0.15, 0.2) is 0 Å². The zero-order valence-electron chi connectivity index (χ0n) is 13.9. The Bertz CT molecular complexity index is 671. The number of nitrogens with zero attached hydrogens (tertiary/aromatic N) is 5. The van der Waals surface area contributed by atoms with Crippen LogP contribution in [0.25, 0.3) is 0 Å². The number of allylic oxidation sites excluding steroid dienone is 2. The van der Waals surface area contributed by atoms with Gasteiger partial charge in [-0.1, -0.05) is 0 Å². The molecule has 2 heterocycles. The molecule has 0 atom stereocenters. The quantitative estimate of drug-likeness (QED) is 0.509. The molecule has 1 aliphatic rings. The molecular formula is C15H22N8S. The lowest BCUT2D eigenvalue weighted by atomic mass is 10.3. The molecule has 128 valence electrons. The van der Waals surface area contributed by atoms with E-state index in [9.17, 15) is 0 Å². The molecule has 8 nitrogen and oxygen atoms in total. The number of piperazine rings is 1. The fourth-order valence-electron chi connectivity index (χ4n) is 2.17. The van der Waals surface area contributed by atoms with E-state index in [0.717, 1.165) is 31.9 Å². The molecule has 0 bridgehead atoms. The second-order valence-electron chi connectivity index (χ2n) is 5.25. The molecular weight excluding hydrogens is 324 g/mol. The van der Waals surface area contributed by atoms with E-state index in [-0.39, 0.29) is 0 Å². The number of aromatic nitrogens is 2. The molecule has 0 amide bonds. The maximum absolute atomic E-state index is 9.02. The molecule has 1 aromatic heterocycles. The van der Waals surface area contributed by atoms with Crippen molar-refractivity contribution in [2.45, 2.75) is 6.92 Å². The van der Waals surface area contributed by atoms with Gasteiger partial charge in [0.25, 0.3) is 0 Å². The molecule has 0 aliphatic carbocycles. The average Bonchev–Trinajstić information content (AvgIpc) is 2.59. The smallest absolute Gasteiger partial charge is 0.226 e. The largest absolute Gasteiger partial charge is 0.393 e. The Hall–Kier alpha value is -2.44. The lowest BCUT2D eigenvalue weighted by Gasteiger charge is -2.33. The number of rotatable bonds is 5. The van der Waals surface area contributed by atoms with E-state index in [1.165, 1.54) is 11.9 Å². The minimum Gasteiger partial charge on any atom is -0.393 e. The predicted molar refractivity (Wildman–Crippen MR) is 96.5 cm³/mol.